The second-order valence-electron chi connectivity index (χ2n) is 2.74. The van der Waals surface area contributed by atoms with E-state index in [2.05, 4.69) is 0 Å². The molecule has 2 heteroatoms. The standard InChI is InChI=1S/C10H13FS/c1-12-8-10(11)7-9-5-3-2-4-6-9/h2-6,10H,7-8H2,1H3. The molecule has 0 bridgehead atoms. The molecule has 12 heavy (non-hydrogen) atoms. The molecule has 0 aliphatic rings. The Hall–Kier alpha value is -0.500. The molecule has 0 aliphatic carbocycles. The Morgan fingerprint density at radius 3 is 2.58 bits per heavy atom. The predicted octanol–water partition coefficient (Wildman–Crippen LogP) is 2.93. The lowest BCUT2D eigenvalue weighted by Gasteiger charge is -2.05. The van der Waals surface area contributed by atoms with Gasteiger partial charge in [0.25, 0.3) is 0 Å². The number of hydrogen-bond acceptors (Lipinski definition) is 1. The molecule has 0 radical (unpaired) electrons. The first-order valence-electron chi connectivity index (χ1n) is 4.00. The van der Waals surface area contributed by atoms with Gasteiger partial charge in [0.05, 0.1) is 0 Å². The van der Waals surface area contributed by atoms with Crippen molar-refractivity contribution in [2.75, 3.05) is 12.0 Å². The van der Waals surface area contributed by atoms with Crippen LogP contribution in [0.25, 0.3) is 0 Å². The fourth-order valence-electron chi connectivity index (χ4n) is 1.11. The quantitative estimate of drug-likeness (QED) is 0.693. The predicted molar refractivity (Wildman–Crippen MR) is 53.4 cm³/mol. The first-order valence-corrected chi connectivity index (χ1v) is 5.39. The molecule has 0 nitrogen and oxygen atoms in total. The Morgan fingerprint density at radius 2 is 2.00 bits per heavy atom. The highest BCUT2D eigenvalue weighted by molar-refractivity contribution is 7.98. The average molecular weight is 184 g/mol. The largest absolute Gasteiger partial charge is 0.246 e. The molecule has 0 saturated heterocycles. The second-order valence-corrected chi connectivity index (χ2v) is 3.65. The number of hydrogen-bond donors (Lipinski definition) is 0. The van der Waals surface area contributed by atoms with E-state index in [0.29, 0.717) is 12.2 Å². The van der Waals surface area contributed by atoms with Crippen LogP contribution in [0.4, 0.5) is 4.39 Å². The minimum atomic E-state index is -0.706. The first-order chi connectivity index (χ1) is 5.83. The molecule has 1 aromatic rings. The molecule has 0 spiro atoms. The van der Waals surface area contributed by atoms with E-state index < -0.39 is 6.17 Å². The Balaban J connectivity index is 2.41. The Labute approximate surface area is 77.2 Å². The molecule has 0 amide bonds. The van der Waals surface area contributed by atoms with Gasteiger partial charge in [-0.05, 0) is 11.8 Å². The third-order valence-corrected chi connectivity index (χ3v) is 2.34. The minimum absolute atomic E-state index is 0.543. The van der Waals surface area contributed by atoms with Crippen LogP contribution in [0, 0.1) is 0 Å². The molecule has 0 saturated carbocycles. The van der Waals surface area contributed by atoms with Gasteiger partial charge in [0.2, 0.25) is 0 Å². The maximum absolute atomic E-state index is 13.1. The molecule has 0 heterocycles. The summed E-state index contributed by atoms with van der Waals surface area (Å²) in [4.78, 5) is 0. The van der Waals surface area contributed by atoms with E-state index in [9.17, 15) is 4.39 Å². The molecule has 1 unspecified atom stereocenters. The lowest BCUT2D eigenvalue weighted by Crippen LogP contribution is -2.07. The van der Waals surface area contributed by atoms with Crippen LogP contribution in [0.3, 0.4) is 0 Å². The molecular formula is C10H13FS. The Morgan fingerprint density at radius 1 is 1.33 bits per heavy atom. The number of benzene rings is 1. The van der Waals surface area contributed by atoms with E-state index in [1.807, 2.05) is 36.6 Å². The van der Waals surface area contributed by atoms with E-state index in [-0.39, 0.29) is 0 Å². The normalized spacial score (nSPS) is 12.8. The summed E-state index contributed by atoms with van der Waals surface area (Å²) in [6.45, 7) is 0. The van der Waals surface area contributed by atoms with Gasteiger partial charge in [-0.15, -0.1) is 0 Å². The second kappa shape index (κ2) is 5.20. The summed E-state index contributed by atoms with van der Waals surface area (Å²) < 4.78 is 13.1. The summed E-state index contributed by atoms with van der Waals surface area (Å²) in [5.74, 6) is 0.592. The van der Waals surface area contributed by atoms with Crippen molar-refractivity contribution in [3.05, 3.63) is 35.9 Å². The zero-order chi connectivity index (χ0) is 8.81. The van der Waals surface area contributed by atoms with Gasteiger partial charge in [0.1, 0.15) is 6.17 Å². The lowest BCUT2D eigenvalue weighted by molar-refractivity contribution is 0.366. The average Bonchev–Trinajstić information content (AvgIpc) is 2.06. The topological polar surface area (TPSA) is 0 Å². The summed E-state index contributed by atoms with van der Waals surface area (Å²) in [5.41, 5.74) is 1.08. The van der Waals surface area contributed by atoms with Crippen molar-refractivity contribution in [1.82, 2.24) is 0 Å². The molecule has 0 aromatic heterocycles. The summed E-state index contributed by atoms with van der Waals surface area (Å²) in [5, 5.41) is 0. The highest BCUT2D eigenvalue weighted by Gasteiger charge is 2.05. The molecule has 1 aromatic carbocycles. The summed E-state index contributed by atoms with van der Waals surface area (Å²) in [6, 6.07) is 9.77. The number of thioether (sulfide) groups is 1. The molecule has 1 atom stereocenters. The van der Waals surface area contributed by atoms with Crippen molar-refractivity contribution in [3.63, 3.8) is 0 Å². The summed E-state index contributed by atoms with van der Waals surface area (Å²) in [6.07, 6.45) is 1.77. The van der Waals surface area contributed by atoms with Gasteiger partial charge in [-0.2, -0.15) is 11.8 Å². The molecular weight excluding hydrogens is 171 g/mol. The van der Waals surface area contributed by atoms with E-state index in [0.717, 1.165) is 5.56 Å². The number of alkyl halides is 1. The van der Waals surface area contributed by atoms with Gasteiger partial charge >= 0.3 is 0 Å². The summed E-state index contributed by atoms with van der Waals surface area (Å²) >= 11 is 1.55. The first kappa shape index (κ1) is 9.59. The third-order valence-electron chi connectivity index (χ3n) is 1.65. The van der Waals surface area contributed by atoms with Crippen LogP contribution in [0.1, 0.15) is 5.56 Å². The number of rotatable bonds is 4. The molecule has 66 valence electrons. The minimum Gasteiger partial charge on any atom is -0.246 e. The van der Waals surface area contributed by atoms with E-state index in [1.165, 1.54) is 0 Å². The van der Waals surface area contributed by atoms with Crippen LogP contribution in [0.5, 0.6) is 0 Å². The SMILES string of the molecule is CSCC(F)Cc1ccccc1. The Bertz CT molecular complexity index is 210. The van der Waals surface area contributed by atoms with Crippen LogP contribution in [-0.4, -0.2) is 18.2 Å². The maximum Gasteiger partial charge on any atom is 0.113 e. The van der Waals surface area contributed by atoms with Crippen LogP contribution in [0.2, 0.25) is 0 Å². The Kier molecular flexibility index (Phi) is 4.15. The zero-order valence-corrected chi connectivity index (χ0v) is 7.98. The van der Waals surface area contributed by atoms with Gasteiger partial charge in [-0.1, -0.05) is 30.3 Å². The lowest BCUT2D eigenvalue weighted by atomic mass is 10.1. The van der Waals surface area contributed by atoms with E-state index in [1.54, 1.807) is 11.8 Å². The van der Waals surface area contributed by atoms with Crippen LogP contribution < -0.4 is 0 Å². The molecule has 1 rings (SSSR count). The molecule has 0 fully saturated rings. The third kappa shape index (κ3) is 3.26. The van der Waals surface area contributed by atoms with Crippen LogP contribution >= 0.6 is 11.8 Å². The fourth-order valence-corrected chi connectivity index (χ4v) is 1.59. The maximum atomic E-state index is 13.1. The van der Waals surface area contributed by atoms with Gasteiger partial charge < -0.3 is 0 Å². The van der Waals surface area contributed by atoms with E-state index in [4.69, 9.17) is 0 Å². The van der Waals surface area contributed by atoms with Crippen LogP contribution in [-0.2, 0) is 6.42 Å². The molecule has 0 N–H and O–H groups in total. The van der Waals surface area contributed by atoms with Crippen molar-refractivity contribution >= 4 is 11.8 Å². The monoisotopic (exact) mass is 184 g/mol. The highest BCUT2D eigenvalue weighted by Crippen LogP contribution is 2.09. The van der Waals surface area contributed by atoms with Crippen molar-refractivity contribution in [2.45, 2.75) is 12.6 Å². The zero-order valence-electron chi connectivity index (χ0n) is 7.16. The van der Waals surface area contributed by atoms with Crippen molar-refractivity contribution in [1.29, 1.82) is 0 Å². The van der Waals surface area contributed by atoms with Crippen LogP contribution in [0.15, 0.2) is 30.3 Å². The summed E-state index contributed by atoms with van der Waals surface area (Å²) in [7, 11) is 0. The smallest absolute Gasteiger partial charge is 0.113 e. The fraction of sp³-hybridized carbons (Fsp3) is 0.400. The molecule has 0 aliphatic heterocycles. The van der Waals surface area contributed by atoms with E-state index >= 15 is 0 Å². The van der Waals surface area contributed by atoms with Gasteiger partial charge in [-0.25, -0.2) is 4.39 Å². The number of halogens is 1. The highest BCUT2D eigenvalue weighted by atomic mass is 32.2. The van der Waals surface area contributed by atoms with Gasteiger partial charge in [-0.3, -0.25) is 0 Å². The van der Waals surface area contributed by atoms with Gasteiger partial charge in [0.15, 0.2) is 0 Å². The van der Waals surface area contributed by atoms with Crippen molar-refractivity contribution in [2.24, 2.45) is 0 Å². The van der Waals surface area contributed by atoms with Crippen molar-refractivity contribution < 1.29 is 4.39 Å². The van der Waals surface area contributed by atoms with Gasteiger partial charge in [0, 0.05) is 12.2 Å². The van der Waals surface area contributed by atoms with Crippen molar-refractivity contribution in [3.8, 4) is 0 Å².